The van der Waals surface area contributed by atoms with Gasteiger partial charge in [-0.2, -0.15) is 0 Å². The summed E-state index contributed by atoms with van der Waals surface area (Å²) in [4.78, 5) is 15.2. The number of hydrogen-bond donors (Lipinski definition) is 2. The molecule has 5 heteroatoms. The number of rotatable bonds is 6. The number of carbonyl (C=O) groups excluding carboxylic acids is 1. The SMILES string of the molecule is CCC(CC)C1CN=C(NCCNC(C)=O)S1. The number of thioether (sulfide) groups is 1. The summed E-state index contributed by atoms with van der Waals surface area (Å²) in [5, 5.41) is 7.70. The fraction of sp³-hybridized carbons (Fsp3) is 0.833. The van der Waals surface area contributed by atoms with Gasteiger partial charge in [0.15, 0.2) is 5.17 Å². The highest BCUT2D eigenvalue weighted by atomic mass is 32.2. The molecule has 1 unspecified atom stereocenters. The molecule has 1 atom stereocenters. The summed E-state index contributed by atoms with van der Waals surface area (Å²) in [5.41, 5.74) is 0. The molecule has 0 aromatic heterocycles. The first kappa shape index (κ1) is 14.4. The molecule has 1 aliphatic rings. The van der Waals surface area contributed by atoms with Gasteiger partial charge in [-0.3, -0.25) is 9.79 Å². The minimum Gasteiger partial charge on any atom is -0.363 e. The van der Waals surface area contributed by atoms with Gasteiger partial charge in [-0.05, 0) is 5.92 Å². The molecule has 0 saturated heterocycles. The molecule has 0 aromatic rings. The van der Waals surface area contributed by atoms with Crippen molar-refractivity contribution in [2.45, 2.75) is 38.9 Å². The van der Waals surface area contributed by atoms with E-state index in [1.54, 1.807) is 0 Å². The van der Waals surface area contributed by atoms with Crippen LogP contribution >= 0.6 is 11.8 Å². The van der Waals surface area contributed by atoms with E-state index in [4.69, 9.17) is 0 Å². The zero-order valence-corrected chi connectivity index (χ0v) is 11.8. The van der Waals surface area contributed by atoms with Gasteiger partial charge in [0.2, 0.25) is 5.91 Å². The number of hydrogen-bond acceptors (Lipinski definition) is 4. The van der Waals surface area contributed by atoms with E-state index in [1.807, 2.05) is 11.8 Å². The molecule has 0 bridgehead atoms. The molecule has 0 spiro atoms. The minimum atomic E-state index is 0.0164. The molecule has 0 aliphatic carbocycles. The average Bonchev–Trinajstić information content (AvgIpc) is 2.75. The molecule has 0 saturated carbocycles. The van der Waals surface area contributed by atoms with Gasteiger partial charge in [0.1, 0.15) is 0 Å². The van der Waals surface area contributed by atoms with Gasteiger partial charge >= 0.3 is 0 Å². The lowest BCUT2D eigenvalue weighted by Crippen LogP contribution is -2.32. The lowest BCUT2D eigenvalue weighted by molar-refractivity contribution is -0.118. The predicted molar refractivity (Wildman–Crippen MR) is 74.4 cm³/mol. The third-order valence-corrected chi connectivity index (χ3v) is 4.36. The second-order valence-corrected chi connectivity index (χ2v) is 5.52. The molecule has 17 heavy (non-hydrogen) atoms. The maximum absolute atomic E-state index is 10.7. The first-order valence-corrected chi connectivity index (χ1v) is 7.24. The number of carbonyl (C=O) groups is 1. The Kier molecular flexibility index (Phi) is 6.40. The van der Waals surface area contributed by atoms with Gasteiger partial charge in [-0.25, -0.2) is 0 Å². The number of amides is 1. The predicted octanol–water partition coefficient (Wildman–Crippen LogP) is 1.62. The Morgan fingerprint density at radius 1 is 1.47 bits per heavy atom. The van der Waals surface area contributed by atoms with E-state index in [0.29, 0.717) is 11.8 Å². The molecule has 1 rings (SSSR count). The molecule has 1 heterocycles. The zero-order valence-electron chi connectivity index (χ0n) is 11.0. The van der Waals surface area contributed by atoms with Crippen LogP contribution in [0, 0.1) is 5.92 Å². The number of amidine groups is 1. The van der Waals surface area contributed by atoms with Gasteiger partial charge in [-0.15, -0.1) is 0 Å². The molecule has 4 nitrogen and oxygen atoms in total. The molecular formula is C12H23N3OS. The van der Waals surface area contributed by atoms with E-state index in [-0.39, 0.29) is 5.91 Å². The zero-order chi connectivity index (χ0) is 12.7. The van der Waals surface area contributed by atoms with Crippen LogP contribution in [0.3, 0.4) is 0 Å². The van der Waals surface area contributed by atoms with Crippen LogP contribution in [0.15, 0.2) is 4.99 Å². The van der Waals surface area contributed by atoms with Crippen molar-refractivity contribution in [1.29, 1.82) is 0 Å². The number of nitrogens with one attached hydrogen (secondary N) is 2. The van der Waals surface area contributed by atoms with Crippen molar-refractivity contribution >= 4 is 22.8 Å². The van der Waals surface area contributed by atoms with Gasteiger partial charge in [0.25, 0.3) is 0 Å². The van der Waals surface area contributed by atoms with Crippen LogP contribution in [0.4, 0.5) is 0 Å². The molecule has 1 amide bonds. The van der Waals surface area contributed by atoms with Gasteiger partial charge in [0, 0.05) is 25.3 Å². The summed E-state index contributed by atoms with van der Waals surface area (Å²) in [7, 11) is 0. The van der Waals surface area contributed by atoms with Crippen LogP contribution in [0.1, 0.15) is 33.6 Å². The molecule has 1 aliphatic heterocycles. The topological polar surface area (TPSA) is 53.5 Å². The average molecular weight is 257 g/mol. The van der Waals surface area contributed by atoms with Crippen LogP contribution < -0.4 is 10.6 Å². The van der Waals surface area contributed by atoms with Crippen molar-refractivity contribution in [3.05, 3.63) is 0 Å². The smallest absolute Gasteiger partial charge is 0.216 e. The van der Waals surface area contributed by atoms with Crippen molar-refractivity contribution < 1.29 is 4.79 Å². The third-order valence-electron chi connectivity index (χ3n) is 3.03. The van der Waals surface area contributed by atoms with Crippen molar-refractivity contribution in [1.82, 2.24) is 10.6 Å². The number of nitrogens with zero attached hydrogens (tertiary/aromatic N) is 1. The molecule has 0 fully saturated rings. The molecular weight excluding hydrogens is 234 g/mol. The van der Waals surface area contributed by atoms with Gasteiger partial charge < -0.3 is 10.6 Å². The molecule has 98 valence electrons. The van der Waals surface area contributed by atoms with E-state index < -0.39 is 0 Å². The van der Waals surface area contributed by atoms with Gasteiger partial charge in [0.05, 0.1) is 6.54 Å². The minimum absolute atomic E-state index is 0.0164. The van der Waals surface area contributed by atoms with Crippen LogP contribution in [0.25, 0.3) is 0 Å². The van der Waals surface area contributed by atoms with E-state index in [9.17, 15) is 4.79 Å². The standard InChI is InChI=1S/C12H23N3OS/c1-4-10(5-2)11-8-15-12(17-11)14-7-6-13-9(3)16/h10-11H,4-8H2,1-3H3,(H,13,16)(H,14,15). The highest BCUT2D eigenvalue weighted by Gasteiger charge is 2.25. The summed E-state index contributed by atoms with van der Waals surface area (Å²) >= 11 is 1.85. The second-order valence-electron chi connectivity index (χ2n) is 4.29. The summed E-state index contributed by atoms with van der Waals surface area (Å²) in [6.45, 7) is 8.36. The Labute approximate surface area is 108 Å². The highest BCUT2D eigenvalue weighted by Crippen LogP contribution is 2.30. The Balaban J connectivity index is 2.18. The van der Waals surface area contributed by atoms with Crippen molar-refractivity contribution in [3.63, 3.8) is 0 Å². The fourth-order valence-electron chi connectivity index (χ4n) is 1.96. The normalized spacial score (nSPS) is 19.3. The Morgan fingerprint density at radius 2 is 2.18 bits per heavy atom. The highest BCUT2D eigenvalue weighted by molar-refractivity contribution is 8.14. The van der Waals surface area contributed by atoms with Crippen LogP contribution in [0.2, 0.25) is 0 Å². The monoisotopic (exact) mass is 257 g/mol. The summed E-state index contributed by atoms with van der Waals surface area (Å²) in [6, 6.07) is 0. The second kappa shape index (κ2) is 7.58. The maximum atomic E-state index is 10.7. The summed E-state index contributed by atoms with van der Waals surface area (Å²) < 4.78 is 0. The quantitative estimate of drug-likeness (QED) is 0.711. The Bertz CT molecular complexity index is 277. The van der Waals surface area contributed by atoms with E-state index in [2.05, 4.69) is 29.5 Å². The van der Waals surface area contributed by atoms with Crippen molar-refractivity contribution in [3.8, 4) is 0 Å². The lowest BCUT2D eigenvalue weighted by Gasteiger charge is -2.18. The summed E-state index contributed by atoms with van der Waals surface area (Å²) in [5.74, 6) is 0.779. The fourth-order valence-corrected chi connectivity index (χ4v) is 3.30. The van der Waals surface area contributed by atoms with Crippen LogP contribution in [-0.4, -0.2) is 36.0 Å². The van der Waals surface area contributed by atoms with E-state index in [1.165, 1.54) is 19.8 Å². The molecule has 0 aromatic carbocycles. The lowest BCUT2D eigenvalue weighted by atomic mass is 9.99. The Morgan fingerprint density at radius 3 is 2.76 bits per heavy atom. The number of aliphatic imine (C=N–C) groups is 1. The van der Waals surface area contributed by atoms with Crippen LogP contribution in [-0.2, 0) is 4.79 Å². The first-order valence-electron chi connectivity index (χ1n) is 6.36. The van der Waals surface area contributed by atoms with Gasteiger partial charge in [-0.1, -0.05) is 38.5 Å². The van der Waals surface area contributed by atoms with E-state index in [0.717, 1.165) is 24.2 Å². The molecule has 0 radical (unpaired) electrons. The van der Waals surface area contributed by atoms with Crippen LogP contribution in [0.5, 0.6) is 0 Å². The van der Waals surface area contributed by atoms with Crippen molar-refractivity contribution in [2.75, 3.05) is 19.6 Å². The Hall–Kier alpha value is -0.710. The first-order chi connectivity index (χ1) is 8.17. The van der Waals surface area contributed by atoms with Crippen molar-refractivity contribution in [2.24, 2.45) is 10.9 Å². The largest absolute Gasteiger partial charge is 0.363 e. The maximum Gasteiger partial charge on any atom is 0.216 e. The summed E-state index contributed by atoms with van der Waals surface area (Å²) in [6.07, 6.45) is 2.45. The molecule has 2 N–H and O–H groups in total. The third kappa shape index (κ3) is 4.98. The van der Waals surface area contributed by atoms with E-state index >= 15 is 0 Å².